The van der Waals surface area contributed by atoms with Crippen LogP contribution >= 0.6 is 0 Å². The summed E-state index contributed by atoms with van der Waals surface area (Å²) in [6.07, 6.45) is 5.35. The lowest BCUT2D eigenvalue weighted by molar-refractivity contribution is -0.129. The first-order valence-corrected chi connectivity index (χ1v) is 9.18. The summed E-state index contributed by atoms with van der Waals surface area (Å²) in [5.74, 6) is 2.34. The Kier molecular flexibility index (Phi) is 4.17. The van der Waals surface area contributed by atoms with Gasteiger partial charge in [-0.2, -0.15) is 0 Å². The number of rotatable bonds is 5. The number of fused-ring (bicyclic) bond motifs is 3. The van der Waals surface area contributed by atoms with E-state index < -0.39 is 6.10 Å². The normalized spacial score (nSPS) is 26.5. The summed E-state index contributed by atoms with van der Waals surface area (Å²) in [5.41, 5.74) is 0. The highest BCUT2D eigenvalue weighted by Crippen LogP contribution is 2.44. The Morgan fingerprint density at radius 3 is 2.71 bits per heavy atom. The standard InChI is InChI=1S/C21H25NO2/c1-2-20(21(23)22-19-12-14-7-8-17(19)11-14)24-18-10-9-15-5-3-4-6-16(15)13-18/h3-6,9-10,13-14,17,19-20H,2,7-8,11-12H2,1H3,(H,22,23)/t14-,17-,19-,20+/m1/s1. The van der Waals surface area contributed by atoms with E-state index >= 15 is 0 Å². The molecule has 0 spiro atoms. The van der Waals surface area contributed by atoms with Gasteiger partial charge in [-0.25, -0.2) is 0 Å². The molecule has 2 fully saturated rings. The molecule has 2 aromatic carbocycles. The Labute approximate surface area is 143 Å². The second-order valence-electron chi connectivity index (χ2n) is 7.31. The van der Waals surface area contributed by atoms with Gasteiger partial charge >= 0.3 is 0 Å². The fourth-order valence-corrected chi connectivity index (χ4v) is 4.42. The van der Waals surface area contributed by atoms with E-state index in [1.807, 2.05) is 37.3 Å². The van der Waals surface area contributed by atoms with Gasteiger partial charge in [0.15, 0.2) is 6.10 Å². The third-order valence-electron chi connectivity index (χ3n) is 5.73. The Hall–Kier alpha value is -2.03. The van der Waals surface area contributed by atoms with Crippen LogP contribution in [0.4, 0.5) is 0 Å². The third-order valence-corrected chi connectivity index (χ3v) is 5.73. The number of carbonyl (C=O) groups excluding carboxylic acids is 1. The summed E-state index contributed by atoms with van der Waals surface area (Å²) in [7, 11) is 0. The van der Waals surface area contributed by atoms with Crippen LogP contribution in [0, 0.1) is 11.8 Å². The van der Waals surface area contributed by atoms with Gasteiger partial charge in [0.1, 0.15) is 5.75 Å². The fraction of sp³-hybridized carbons (Fsp3) is 0.476. The molecule has 2 aliphatic carbocycles. The first kappa shape index (κ1) is 15.5. The zero-order valence-electron chi connectivity index (χ0n) is 14.2. The molecule has 2 bridgehead atoms. The van der Waals surface area contributed by atoms with Crippen molar-refractivity contribution in [1.29, 1.82) is 0 Å². The molecule has 1 amide bonds. The van der Waals surface area contributed by atoms with Crippen molar-refractivity contribution >= 4 is 16.7 Å². The van der Waals surface area contributed by atoms with E-state index in [1.165, 1.54) is 24.6 Å². The third kappa shape index (κ3) is 3.00. The van der Waals surface area contributed by atoms with Crippen molar-refractivity contribution in [1.82, 2.24) is 5.32 Å². The Bertz CT molecular complexity index is 741. The molecule has 2 aliphatic rings. The summed E-state index contributed by atoms with van der Waals surface area (Å²) in [6, 6.07) is 14.6. The monoisotopic (exact) mass is 323 g/mol. The van der Waals surface area contributed by atoms with Crippen LogP contribution in [0.3, 0.4) is 0 Å². The topological polar surface area (TPSA) is 38.3 Å². The van der Waals surface area contributed by atoms with E-state index in [1.54, 1.807) is 0 Å². The molecule has 1 N–H and O–H groups in total. The number of nitrogens with one attached hydrogen (secondary N) is 1. The lowest BCUT2D eigenvalue weighted by Gasteiger charge is -2.25. The maximum Gasteiger partial charge on any atom is 0.261 e. The molecular formula is C21H25NO2. The van der Waals surface area contributed by atoms with Crippen LogP contribution < -0.4 is 10.1 Å². The van der Waals surface area contributed by atoms with E-state index in [-0.39, 0.29) is 5.91 Å². The summed E-state index contributed by atoms with van der Waals surface area (Å²) < 4.78 is 6.01. The summed E-state index contributed by atoms with van der Waals surface area (Å²) >= 11 is 0. The molecule has 0 unspecified atom stereocenters. The van der Waals surface area contributed by atoms with E-state index in [4.69, 9.17) is 4.74 Å². The Morgan fingerprint density at radius 1 is 1.17 bits per heavy atom. The van der Waals surface area contributed by atoms with Crippen molar-refractivity contribution in [2.45, 2.75) is 51.2 Å². The molecule has 4 rings (SSSR count). The highest BCUT2D eigenvalue weighted by molar-refractivity contribution is 5.84. The van der Waals surface area contributed by atoms with Gasteiger partial charge in [0.2, 0.25) is 0 Å². The van der Waals surface area contributed by atoms with Crippen molar-refractivity contribution in [2.24, 2.45) is 11.8 Å². The molecule has 2 aromatic rings. The summed E-state index contributed by atoms with van der Waals surface area (Å²) in [5, 5.41) is 5.58. The highest BCUT2D eigenvalue weighted by Gasteiger charge is 2.40. The van der Waals surface area contributed by atoms with Gasteiger partial charge in [-0.3, -0.25) is 4.79 Å². The zero-order chi connectivity index (χ0) is 16.5. The number of hydrogen-bond acceptors (Lipinski definition) is 2. The quantitative estimate of drug-likeness (QED) is 0.891. The lowest BCUT2D eigenvalue weighted by atomic mass is 9.95. The van der Waals surface area contributed by atoms with Crippen LogP contribution in [-0.4, -0.2) is 18.1 Å². The Balaban J connectivity index is 1.43. The minimum Gasteiger partial charge on any atom is -0.481 e. The van der Waals surface area contributed by atoms with E-state index in [0.29, 0.717) is 18.4 Å². The average Bonchev–Trinajstić information content (AvgIpc) is 3.22. The molecule has 0 saturated heterocycles. The number of ether oxygens (including phenoxy) is 1. The predicted molar refractivity (Wildman–Crippen MR) is 96.0 cm³/mol. The van der Waals surface area contributed by atoms with Crippen LogP contribution in [0.5, 0.6) is 5.75 Å². The van der Waals surface area contributed by atoms with Gasteiger partial charge in [0.25, 0.3) is 5.91 Å². The van der Waals surface area contributed by atoms with E-state index in [9.17, 15) is 4.79 Å². The fourth-order valence-electron chi connectivity index (χ4n) is 4.42. The molecule has 4 atom stereocenters. The van der Waals surface area contributed by atoms with Gasteiger partial charge in [0.05, 0.1) is 0 Å². The van der Waals surface area contributed by atoms with Gasteiger partial charge in [-0.15, -0.1) is 0 Å². The SMILES string of the molecule is CC[C@H](Oc1ccc2ccccc2c1)C(=O)N[C@@H]1C[C@@H]2CC[C@@H]1C2. The van der Waals surface area contributed by atoms with Crippen molar-refractivity contribution in [2.75, 3.05) is 0 Å². The second kappa shape index (κ2) is 6.46. The van der Waals surface area contributed by atoms with Gasteiger partial charge in [-0.1, -0.05) is 43.7 Å². The maximum atomic E-state index is 12.6. The van der Waals surface area contributed by atoms with Crippen LogP contribution in [0.2, 0.25) is 0 Å². The van der Waals surface area contributed by atoms with Gasteiger partial charge in [0, 0.05) is 6.04 Å². The smallest absolute Gasteiger partial charge is 0.261 e. The lowest BCUT2D eigenvalue weighted by Crippen LogP contribution is -2.45. The maximum absolute atomic E-state index is 12.6. The molecule has 0 aromatic heterocycles. The number of carbonyl (C=O) groups is 1. The Morgan fingerprint density at radius 2 is 2.00 bits per heavy atom. The van der Waals surface area contributed by atoms with Crippen LogP contribution in [-0.2, 0) is 4.79 Å². The van der Waals surface area contributed by atoms with Crippen LogP contribution in [0.15, 0.2) is 42.5 Å². The van der Waals surface area contributed by atoms with E-state index in [2.05, 4.69) is 17.4 Å². The first-order valence-electron chi connectivity index (χ1n) is 9.18. The van der Waals surface area contributed by atoms with Crippen LogP contribution in [0.1, 0.15) is 39.0 Å². The van der Waals surface area contributed by atoms with E-state index in [0.717, 1.165) is 23.5 Å². The average molecular weight is 323 g/mol. The van der Waals surface area contributed by atoms with Crippen molar-refractivity contribution < 1.29 is 9.53 Å². The number of benzene rings is 2. The molecule has 0 heterocycles. The zero-order valence-corrected chi connectivity index (χ0v) is 14.2. The first-order chi connectivity index (χ1) is 11.7. The van der Waals surface area contributed by atoms with Gasteiger partial charge < -0.3 is 10.1 Å². The molecule has 126 valence electrons. The molecule has 3 heteroatoms. The number of hydrogen-bond donors (Lipinski definition) is 1. The molecular weight excluding hydrogens is 298 g/mol. The highest BCUT2D eigenvalue weighted by atomic mass is 16.5. The van der Waals surface area contributed by atoms with Crippen LogP contribution in [0.25, 0.3) is 10.8 Å². The molecule has 0 radical (unpaired) electrons. The van der Waals surface area contributed by atoms with Crippen molar-refractivity contribution in [3.05, 3.63) is 42.5 Å². The van der Waals surface area contributed by atoms with Crippen molar-refractivity contribution in [3.8, 4) is 5.75 Å². The summed E-state index contributed by atoms with van der Waals surface area (Å²) in [6.45, 7) is 2.01. The predicted octanol–water partition coefficient (Wildman–Crippen LogP) is 4.30. The second-order valence-corrected chi connectivity index (χ2v) is 7.31. The van der Waals surface area contributed by atoms with Crippen molar-refractivity contribution in [3.63, 3.8) is 0 Å². The summed E-state index contributed by atoms with van der Waals surface area (Å²) in [4.78, 5) is 12.6. The minimum absolute atomic E-state index is 0.0446. The largest absolute Gasteiger partial charge is 0.481 e. The molecule has 24 heavy (non-hydrogen) atoms. The number of amides is 1. The van der Waals surface area contributed by atoms with Gasteiger partial charge in [-0.05, 0) is 60.4 Å². The molecule has 0 aliphatic heterocycles. The minimum atomic E-state index is -0.412. The molecule has 3 nitrogen and oxygen atoms in total. The molecule has 2 saturated carbocycles.